The van der Waals surface area contributed by atoms with Crippen molar-refractivity contribution >= 4 is 0 Å². The van der Waals surface area contributed by atoms with Crippen molar-refractivity contribution in [1.29, 1.82) is 0 Å². The third kappa shape index (κ3) is 6.73. The van der Waals surface area contributed by atoms with E-state index in [1.165, 1.54) is 0 Å². The standard InChI is InChI=1S/C20H39NO5/c1-7-21(8-2)12-9-13-22-18(16-10-14-23-19(3,4)25-16)17-11-15-24-20(5,6)26-17/h16-18H,7-15H2,1-6H3. The molecule has 2 atom stereocenters. The maximum absolute atomic E-state index is 6.36. The fourth-order valence-corrected chi connectivity index (χ4v) is 3.72. The second-order valence-electron chi connectivity index (χ2n) is 8.10. The first-order valence-electron chi connectivity index (χ1n) is 10.2. The molecule has 2 aliphatic heterocycles. The van der Waals surface area contributed by atoms with Gasteiger partial charge in [0, 0.05) is 13.2 Å². The van der Waals surface area contributed by atoms with Crippen molar-refractivity contribution in [3.8, 4) is 0 Å². The fraction of sp³-hybridized carbons (Fsp3) is 1.00. The molecule has 26 heavy (non-hydrogen) atoms. The lowest BCUT2D eigenvalue weighted by Gasteiger charge is -2.45. The summed E-state index contributed by atoms with van der Waals surface area (Å²) in [5.74, 6) is -1.15. The zero-order valence-corrected chi connectivity index (χ0v) is 17.6. The summed E-state index contributed by atoms with van der Waals surface area (Å²) < 4.78 is 30.2. The molecule has 2 unspecified atom stereocenters. The molecule has 0 aromatic rings. The molecule has 6 nitrogen and oxygen atoms in total. The molecule has 154 valence electrons. The van der Waals surface area contributed by atoms with Gasteiger partial charge in [0.05, 0.1) is 25.4 Å². The molecule has 0 amide bonds. The summed E-state index contributed by atoms with van der Waals surface area (Å²) in [5.41, 5.74) is 0. The first-order chi connectivity index (χ1) is 12.3. The predicted octanol–water partition coefficient (Wildman–Crippen LogP) is 3.19. The minimum atomic E-state index is -0.577. The minimum Gasteiger partial charge on any atom is -0.373 e. The predicted molar refractivity (Wildman–Crippen MR) is 101 cm³/mol. The number of nitrogens with zero attached hydrogens (tertiary/aromatic N) is 1. The molecule has 0 bridgehead atoms. The van der Waals surface area contributed by atoms with E-state index in [4.69, 9.17) is 23.7 Å². The normalized spacial score (nSPS) is 29.7. The van der Waals surface area contributed by atoms with Gasteiger partial charge in [-0.25, -0.2) is 0 Å². The second-order valence-corrected chi connectivity index (χ2v) is 8.10. The van der Waals surface area contributed by atoms with Gasteiger partial charge < -0.3 is 28.6 Å². The lowest BCUT2D eigenvalue weighted by atomic mass is 10.00. The van der Waals surface area contributed by atoms with E-state index < -0.39 is 11.6 Å². The van der Waals surface area contributed by atoms with Crippen LogP contribution in [0.2, 0.25) is 0 Å². The van der Waals surface area contributed by atoms with Crippen LogP contribution in [0.3, 0.4) is 0 Å². The van der Waals surface area contributed by atoms with Crippen LogP contribution in [0.15, 0.2) is 0 Å². The lowest BCUT2D eigenvalue weighted by Crippen LogP contribution is -2.54. The zero-order valence-electron chi connectivity index (χ0n) is 17.6. The van der Waals surface area contributed by atoms with Crippen LogP contribution >= 0.6 is 0 Å². The average Bonchev–Trinajstić information content (AvgIpc) is 2.56. The van der Waals surface area contributed by atoms with Crippen LogP contribution in [-0.4, -0.2) is 74.2 Å². The van der Waals surface area contributed by atoms with Crippen LogP contribution in [-0.2, 0) is 23.7 Å². The fourth-order valence-electron chi connectivity index (χ4n) is 3.72. The third-order valence-corrected chi connectivity index (χ3v) is 5.13. The average molecular weight is 374 g/mol. The smallest absolute Gasteiger partial charge is 0.163 e. The number of hydrogen-bond acceptors (Lipinski definition) is 6. The maximum Gasteiger partial charge on any atom is 0.163 e. The van der Waals surface area contributed by atoms with Crippen LogP contribution in [0.1, 0.15) is 60.8 Å². The first-order valence-corrected chi connectivity index (χ1v) is 10.2. The summed E-state index contributed by atoms with van der Waals surface area (Å²) >= 11 is 0. The second kappa shape index (κ2) is 9.80. The highest BCUT2D eigenvalue weighted by atomic mass is 16.7. The number of ether oxygens (including phenoxy) is 5. The summed E-state index contributed by atoms with van der Waals surface area (Å²) in [4.78, 5) is 2.42. The molecule has 2 fully saturated rings. The molecule has 2 rings (SSSR count). The van der Waals surface area contributed by atoms with E-state index in [0.29, 0.717) is 19.8 Å². The van der Waals surface area contributed by atoms with Crippen molar-refractivity contribution in [3.63, 3.8) is 0 Å². The molecular formula is C20H39NO5. The topological polar surface area (TPSA) is 49.4 Å². The lowest BCUT2D eigenvalue weighted by molar-refractivity contribution is -0.329. The highest BCUT2D eigenvalue weighted by molar-refractivity contribution is 4.86. The highest BCUT2D eigenvalue weighted by Crippen LogP contribution is 2.32. The summed E-state index contributed by atoms with van der Waals surface area (Å²) in [6.07, 6.45) is 2.52. The molecule has 2 heterocycles. The summed E-state index contributed by atoms with van der Waals surface area (Å²) in [7, 11) is 0. The van der Waals surface area contributed by atoms with Gasteiger partial charge in [0.2, 0.25) is 0 Å². The van der Waals surface area contributed by atoms with Crippen molar-refractivity contribution < 1.29 is 23.7 Å². The maximum atomic E-state index is 6.36. The van der Waals surface area contributed by atoms with E-state index in [-0.39, 0.29) is 18.3 Å². The van der Waals surface area contributed by atoms with E-state index in [1.54, 1.807) is 0 Å². The number of hydrogen-bond donors (Lipinski definition) is 0. The van der Waals surface area contributed by atoms with Gasteiger partial charge in [-0.2, -0.15) is 0 Å². The zero-order chi connectivity index (χ0) is 19.2. The monoisotopic (exact) mass is 373 g/mol. The van der Waals surface area contributed by atoms with E-state index >= 15 is 0 Å². The van der Waals surface area contributed by atoms with Crippen molar-refractivity contribution in [2.24, 2.45) is 0 Å². The minimum absolute atomic E-state index is 0.0221. The van der Waals surface area contributed by atoms with Crippen LogP contribution in [0.5, 0.6) is 0 Å². The summed E-state index contributed by atoms with van der Waals surface area (Å²) in [5, 5.41) is 0. The van der Waals surface area contributed by atoms with Gasteiger partial charge in [-0.3, -0.25) is 0 Å². The van der Waals surface area contributed by atoms with Crippen LogP contribution in [0, 0.1) is 0 Å². The van der Waals surface area contributed by atoms with Crippen molar-refractivity contribution in [2.45, 2.75) is 90.7 Å². The van der Waals surface area contributed by atoms with Crippen molar-refractivity contribution in [1.82, 2.24) is 4.90 Å². The third-order valence-electron chi connectivity index (χ3n) is 5.13. The molecule has 0 radical (unpaired) electrons. The number of rotatable bonds is 9. The van der Waals surface area contributed by atoms with E-state index in [2.05, 4.69) is 18.7 Å². The molecular weight excluding hydrogens is 334 g/mol. The Balaban J connectivity index is 1.97. The largest absolute Gasteiger partial charge is 0.373 e. The quantitative estimate of drug-likeness (QED) is 0.579. The van der Waals surface area contributed by atoms with Gasteiger partial charge in [-0.1, -0.05) is 13.8 Å². The van der Waals surface area contributed by atoms with Crippen LogP contribution < -0.4 is 0 Å². The van der Waals surface area contributed by atoms with Gasteiger partial charge in [0.25, 0.3) is 0 Å². The van der Waals surface area contributed by atoms with Gasteiger partial charge in [-0.05, 0) is 60.0 Å². The van der Waals surface area contributed by atoms with Crippen molar-refractivity contribution in [3.05, 3.63) is 0 Å². The van der Waals surface area contributed by atoms with E-state index in [1.807, 2.05) is 27.7 Å². The SMILES string of the molecule is CCN(CC)CCCOC(C1CCOC(C)(C)O1)C1CCOC(C)(C)O1. The van der Waals surface area contributed by atoms with Gasteiger partial charge >= 0.3 is 0 Å². The molecule has 0 saturated carbocycles. The molecule has 0 aromatic carbocycles. The Morgan fingerprint density at radius 3 is 1.85 bits per heavy atom. The van der Waals surface area contributed by atoms with E-state index in [0.717, 1.165) is 38.9 Å². The summed E-state index contributed by atoms with van der Waals surface area (Å²) in [6, 6.07) is 0. The Kier molecular flexibility index (Phi) is 8.32. The van der Waals surface area contributed by atoms with Gasteiger partial charge in [0.15, 0.2) is 11.6 Å². The van der Waals surface area contributed by atoms with Crippen LogP contribution in [0.25, 0.3) is 0 Å². The van der Waals surface area contributed by atoms with Gasteiger partial charge in [0.1, 0.15) is 6.10 Å². The molecule has 6 heteroatoms. The summed E-state index contributed by atoms with van der Waals surface area (Å²) in [6.45, 7) is 17.5. The molecule has 0 spiro atoms. The van der Waals surface area contributed by atoms with Gasteiger partial charge in [-0.15, -0.1) is 0 Å². The molecule has 0 N–H and O–H groups in total. The Bertz CT molecular complexity index is 383. The molecule has 0 aliphatic carbocycles. The highest BCUT2D eigenvalue weighted by Gasteiger charge is 2.42. The Morgan fingerprint density at radius 1 is 0.923 bits per heavy atom. The molecule has 2 aliphatic rings. The Hall–Kier alpha value is -0.240. The Labute approximate surface area is 159 Å². The Morgan fingerprint density at radius 2 is 1.42 bits per heavy atom. The first kappa shape index (κ1) is 22.1. The molecule has 2 saturated heterocycles. The van der Waals surface area contributed by atoms with E-state index in [9.17, 15) is 0 Å². The molecule has 0 aromatic heterocycles. The van der Waals surface area contributed by atoms with Crippen LogP contribution in [0.4, 0.5) is 0 Å². The van der Waals surface area contributed by atoms with Crippen molar-refractivity contribution in [2.75, 3.05) is 39.5 Å².